The van der Waals surface area contributed by atoms with Gasteiger partial charge in [0, 0.05) is 4.47 Å². The van der Waals surface area contributed by atoms with E-state index >= 15 is 0 Å². The largest absolute Gasteiger partial charge is 0.403 e. The predicted octanol–water partition coefficient (Wildman–Crippen LogP) is 3.02. The van der Waals surface area contributed by atoms with E-state index in [1.54, 1.807) is 0 Å². The Bertz CT molecular complexity index is 330. The minimum atomic E-state index is -4.46. The lowest BCUT2D eigenvalue weighted by Crippen LogP contribution is -2.39. The van der Waals surface area contributed by atoms with Crippen molar-refractivity contribution in [2.24, 2.45) is 5.73 Å². The lowest BCUT2D eigenvalue weighted by Gasteiger charge is -2.15. The molecule has 0 fully saturated rings. The fourth-order valence-corrected chi connectivity index (χ4v) is 1.61. The Labute approximate surface area is 92.4 Å². The molecule has 1 nitrogen and oxygen atoms in total. The number of nitrogens with two attached hydrogens (primary N) is 1. The third-order valence-corrected chi connectivity index (χ3v) is 2.26. The summed E-state index contributed by atoms with van der Waals surface area (Å²) < 4.78 is 49.5. The van der Waals surface area contributed by atoms with Gasteiger partial charge in [-0.3, -0.25) is 0 Å². The molecule has 0 radical (unpaired) electrons. The molecule has 1 rings (SSSR count). The summed E-state index contributed by atoms with van der Waals surface area (Å²) in [6.45, 7) is 0. The Balaban J connectivity index is 2.81. The van der Waals surface area contributed by atoms with Gasteiger partial charge in [0.2, 0.25) is 0 Å². The SMILES string of the molecule is NC(Cc1cc(F)cc(Br)c1)C(F)(F)F. The van der Waals surface area contributed by atoms with Gasteiger partial charge >= 0.3 is 6.18 Å². The van der Waals surface area contributed by atoms with Crippen molar-refractivity contribution in [1.82, 2.24) is 0 Å². The van der Waals surface area contributed by atoms with Crippen LogP contribution in [0, 0.1) is 5.82 Å². The number of hydrogen-bond acceptors (Lipinski definition) is 1. The first-order valence-corrected chi connectivity index (χ1v) is 4.85. The maximum atomic E-state index is 12.8. The van der Waals surface area contributed by atoms with Crippen LogP contribution in [0.15, 0.2) is 22.7 Å². The Morgan fingerprint density at radius 1 is 1.27 bits per heavy atom. The predicted molar refractivity (Wildman–Crippen MR) is 51.8 cm³/mol. The van der Waals surface area contributed by atoms with Crippen molar-refractivity contribution >= 4 is 15.9 Å². The molecule has 0 bridgehead atoms. The maximum Gasteiger partial charge on any atom is 0.403 e. The zero-order chi connectivity index (χ0) is 11.6. The van der Waals surface area contributed by atoms with Crippen LogP contribution in [-0.2, 0) is 6.42 Å². The van der Waals surface area contributed by atoms with Gasteiger partial charge in [-0.25, -0.2) is 4.39 Å². The molecule has 0 aromatic heterocycles. The summed E-state index contributed by atoms with van der Waals surface area (Å²) in [4.78, 5) is 0. The smallest absolute Gasteiger partial charge is 0.320 e. The molecule has 1 aromatic carbocycles. The number of hydrogen-bond donors (Lipinski definition) is 1. The van der Waals surface area contributed by atoms with Gasteiger partial charge in [-0.15, -0.1) is 0 Å². The highest BCUT2D eigenvalue weighted by Crippen LogP contribution is 2.23. The minimum Gasteiger partial charge on any atom is -0.320 e. The molecule has 0 amide bonds. The van der Waals surface area contributed by atoms with E-state index in [-0.39, 0.29) is 5.56 Å². The quantitative estimate of drug-likeness (QED) is 0.831. The molecule has 1 atom stereocenters. The van der Waals surface area contributed by atoms with Crippen LogP contribution in [0.4, 0.5) is 17.6 Å². The molecule has 0 heterocycles. The van der Waals surface area contributed by atoms with Crippen molar-refractivity contribution in [3.8, 4) is 0 Å². The lowest BCUT2D eigenvalue weighted by molar-refractivity contribution is -0.147. The van der Waals surface area contributed by atoms with E-state index < -0.39 is 24.5 Å². The highest BCUT2D eigenvalue weighted by Gasteiger charge is 2.36. The summed E-state index contributed by atoms with van der Waals surface area (Å²) in [6.07, 6.45) is -4.89. The van der Waals surface area contributed by atoms with Crippen LogP contribution in [-0.4, -0.2) is 12.2 Å². The summed E-state index contributed by atoms with van der Waals surface area (Å²) in [5, 5.41) is 0. The third kappa shape index (κ3) is 3.79. The first-order chi connectivity index (χ1) is 6.79. The normalized spacial score (nSPS) is 14.0. The second-order valence-corrected chi connectivity index (χ2v) is 4.05. The topological polar surface area (TPSA) is 26.0 Å². The van der Waals surface area contributed by atoms with E-state index in [0.29, 0.717) is 4.47 Å². The molecular weight excluding hydrogens is 278 g/mol. The summed E-state index contributed by atoms with van der Waals surface area (Å²) in [6, 6.07) is 1.65. The fourth-order valence-electron chi connectivity index (χ4n) is 1.10. The van der Waals surface area contributed by atoms with Gasteiger partial charge in [0.25, 0.3) is 0 Å². The van der Waals surface area contributed by atoms with Crippen molar-refractivity contribution in [3.63, 3.8) is 0 Å². The molecule has 0 saturated carbocycles. The Hall–Kier alpha value is -0.620. The van der Waals surface area contributed by atoms with Gasteiger partial charge in [0.15, 0.2) is 0 Å². The van der Waals surface area contributed by atoms with Gasteiger partial charge in [-0.05, 0) is 30.2 Å². The van der Waals surface area contributed by atoms with Gasteiger partial charge in [0.05, 0.1) is 0 Å². The van der Waals surface area contributed by atoms with Gasteiger partial charge < -0.3 is 5.73 Å². The first kappa shape index (κ1) is 12.4. The molecule has 1 aromatic rings. The van der Waals surface area contributed by atoms with E-state index in [0.717, 1.165) is 6.07 Å². The maximum absolute atomic E-state index is 12.8. The van der Waals surface area contributed by atoms with Gasteiger partial charge in [0.1, 0.15) is 11.9 Å². The minimum absolute atomic E-state index is 0.215. The highest BCUT2D eigenvalue weighted by atomic mass is 79.9. The van der Waals surface area contributed by atoms with Crippen LogP contribution < -0.4 is 5.73 Å². The summed E-state index contributed by atoms with van der Waals surface area (Å²) in [5.74, 6) is -0.589. The van der Waals surface area contributed by atoms with Crippen LogP contribution in [0.1, 0.15) is 5.56 Å². The molecule has 0 aliphatic carbocycles. The van der Waals surface area contributed by atoms with Gasteiger partial charge in [-0.1, -0.05) is 15.9 Å². The van der Waals surface area contributed by atoms with Crippen LogP contribution in [0.5, 0.6) is 0 Å². The molecule has 0 aliphatic heterocycles. The number of benzene rings is 1. The van der Waals surface area contributed by atoms with Crippen molar-refractivity contribution in [3.05, 3.63) is 34.1 Å². The fraction of sp³-hybridized carbons (Fsp3) is 0.333. The average Bonchev–Trinajstić information content (AvgIpc) is 1.99. The second-order valence-electron chi connectivity index (χ2n) is 3.13. The van der Waals surface area contributed by atoms with E-state index in [9.17, 15) is 17.6 Å². The molecule has 2 N–H and O–H groups in total. The molecule has 1 unspecified atom stereocenters. The molecule has 0 spiro atoms. The monoisotopic (exact) mass is 285 g/mol. The van der Waals surface area contributed by atoms with Crippen LogP contribution >= 0.6 is 15.9 Å². The first-order valence-electron chi connectivity index (χ1n) is 4.06. The third-order valence-electron chi connectivity index (χ3n) is 1.80. The second kappa shape index (κ2) is 4.49. The van der Waals surface area contributed by atoms with E-state index in [4.69, 9.17) is 5.73 Å². The molecule has 0 saturated heterocycles. The zero-order valence-electron chi connectivity index (χ0n) is 7.48. The van der Waals surface area contributed by atoms with E-state index in [1.165, 1.54) is 12.1 Å². The summed E-state index contributed by atoms with van der Waals surface area (Å²) in [7, 11) is 0. The van der Waals surface area contributed by atoms with Crippen LogP contribution in [0.3, 0.4) is 0 Å². The zero-order valence-corrected chi connectivity index (χ0v) is 9.07. The molecular formula is C9H8BrF4N. The average molecular weight is 286 g/mol. The van der Waals surface area contributed by atoms with Crippen molar-refractivity contribution in [2.45, 2.75) is 18.6 Å². The molecule has 0 aliphatic rings. The highest BCUT2D eigenvalue weighted by molar-refractivity contribution is 9.10. The number of rotatable bonds is 2. The Morgan fingerprint density at radius 2 is 1.87 bits per heavy atom. The van der Waals surface area contributed by atoms with Crippen LogP contribution in [0.25, 0.3) is 0 Å². The van der Waals surface area contributed by atoms with Gasteiger partial charge in [-0.2, -0.15) is 13.2 Å². The Kier molecular flexibility index (Phi) is 3.72. The number of alkyl halides is 3. The molecule has 6 heteroatoms. The lowest BCUT2D eigenvalue weighted by atomic mass is 10.1. The summed E-state index contributed by atoms with van der Waals surface area (Å²) >= 11 is 2.99. The van der Waals surface area contributed by atoms with Crippen molar-refractivity contribution in [2.75, 3.05) is 0 Å². The van der Waals surface area contributed by atoms with Crippen molar-refractivity contribution < 1.29 is 17.6 Å². The van der Waals surface area contributed by atoms with E-state index in [1.807, 2.05) is 0 Å². The number of halogens is 5. The van der Waals surface area contributed by atoms with Crippen molar-refractivity contribution in [1.29, 1.82) is 0 Å². The summed E-state index contributed by atoms with van der Waals surface area (Å²) in [5.41, 5.74) is 5.13. The Morgan fingerprint density at radius 3 is 2.33 bits per heavy atom. The molecule has 84 valence electrons. The van der Waals surface area contributed by atoms with E-state index in [2.05, 4.69) is 15.9 Å². The molecule has 15 heavy (non-hydrogen) atoms. The van der Waals surface area contributed by atoms with Crippen LogP contribution in [0.2, 0.25) is 0 Å². The standard InChI is InChI=1S/C9H8BrF4N/c10-6-1-5(2-7(11)4-6)3-8(15)9(12,13)14/h1-2,4,8H,3,15H2.